The molecule has 2 heterocycles. The zero-order valence-corrected chi connectivity index (χ0v) is 13.4. The van der Waals surface area contributed by atoms with Crippen LogP contribution in [0.25, 0.3) is 28.7 Å². The number of rotatable bonds is 3. The Morgan fingerprint density at radius 3 is 2.70 bits per heavy atom. The quantitative estimate of drug-likeness (QED) is 0.551. The van der Waals surface area contributed by atoms with Gasteiger partial charge >= 0.3 is 0 Å². The van der Waals surface area contributed by atoms with Gasteiger partial charge in [0, 0.05) is 10.0 Å². The summed E-state index contributed by atoms with van der Waals surface area (Å²) in [5.74, 6) is 0.845. The molecule has 7 heteroatoms. The van der Waals surface area contributed by atoms with Crippen molar-refractivity contribution in [1.82, 2.24) is 25.1 Å². The van der Waals surface area contributed by atoms with Gasteiger partial charge in [-0.3, -0.25) is 0 Å². The highest BCUT2D eigenvalue weighted by atomic mass is 79.9. The number of benzene rings is 2. The zero-order chi connectivity index (χ0) is 15.6. The van der Waals surface area contributed by atoms with Crippen LogP contribution in [0.3, 0.4) is 0 Å². The molecule has 0 atom stereocenters. The van der Waals surface area contributed by atoms with Gasteiger partial charge in [-0.15, -0.1) is 5.10 Å². The van der Waals surface area contributed by atoms with Crippen molar-refractivity contribution in [3.05, 3.63) is 65.3 Å². The van der Waals surface area contributed by atoms with Gasteiger partial charge in [-0.25, -0.2) is 4.68 Å². The smallest absolute Gasteiger partial charge is 0.280 e. The van der Waals surface area contributed by atoms with Gasteiger partial charge in [0.25, 0.3) is 5.89 Å². The summed E-state index contributed by atoms with van der Waals surface area (Å²) in [5.41, 5.74) is 2.31. The third kappa shape index (κ3) is 2.78. The Hall–Kier alpha value is -2.80. The lowest BCUT2D eigenvalue weighted by Gasteiger charge is -1.96. The van der Waals surface area contributed by atoms with Crippen molar-refractivity contribution in [3.63, 3.8) is 0 Å². The van der Waals surface area contributed by atoms with Gasteiger partial charge in [-0.05, 0) is 24.3 Å². The summed E-state index contributed by atoms with van der Waals surface area (Å²) in [6.45, 7) is 0. The van der Waals surface area contributed by atoms with Crippen LogP contribution in [0, 0.1) is 0 Å². The van der Waals surface area contributed by atoms with Gasteiger partial charge in [0.05, 0.1) is 11.9 Å². The zero-order valence-electron chi connectivity index (χ0n) is 11.8. The topological polar surface area (TPSA) is 69.6 Å². The molecule has 0 N–H and O–H groups in total. The molecule has 0 radical (unpaired) electrons. The lowest BCUT2D eigenvalue weighted by atomic mass is 10.2. The van der Waals surface area contributed by atoms with Crippen molar-refractivity contribution in [1.29, 1.82) is 0 Å². The molecular formula is C16H10BrN5O. The number of aromatic nitrogens is 5. The first-order valence-corrected chi connectivity index (χ1v) is 7.67. The van der Waals surface area contributed by atoms with Gasteiger partial charge in [-0.2, -0.15) is 4.98 Å². The van der Waals surface area contributed by atoms with E-state index in [0.29, 0.717) is 17.4 Å². The van der Waals surface area contributed by atoms with Gasteiger partial charge in [0.2, 0.25) is 5.82 Å². The molecule has 6 nitrogen and oxygen atoms in total. The fourth-order valence-corrected chi connectivity index (χ4v) is 2.54. The molecule has 2 aromatic carbocycles. The summed E-state index contributed by atoms with van der Waals surface area (Å²) in [7, 11) is 0. The Labute approximate surface area is 139 Å². The first-order chi connectivity index (χ1) is 11.3. The van der Waals surface area contributed by atoms with E-state index in [9.17, 15) is 0 Å². The highest BCUT2D eigenvalue weighted by Gasteiger charge is 2.14. The molecule has 4 rings (SSSR count). The van der Waals surface area contributed by atoms with E-state index in [-0.39, 0.29) is 0 Å². The Morgan fingerprint density at radius 2 is 1.87 bits per heavy atom. The first kappa shape index (κ1) is 13.8. The summed E-state index contributed by atoms with van der Waals surface area (Å²) >= 11 is 3.43. The van der Waals surface area contributed by atoms with Gasteiger partial charge in [0.15, 0.2) is 5.69 Å². The second-order valence-electron chi connectivity index (χ2n) is 4.82. The number of nitrogens with zero attached hydrogens (tertiary/aromatic N) is 5. The number of para-hydroxylation sites is 1. The minimum atomic E-state index is 0.335. The highest BCUT2D eigenvalue weighted by Crippen LogP contribution is 2.23. The minimum absolute atomic E-state index is 0.335. The standard InChI is InChI=1S/C16H10BrN5O/c17-12-6-4-5-11(9-12)15-18-16(23-20-15)14-10-22(21-19-14)13-7-2-1-3-8-13/h1-10H. The SMILES string of the molecule is Brc1cccc(-c2noc(-c3cn(-c4ccccc4)nn3)n2)c1. The highest BCUT2D eigenvalue weighted by molar-refractivity contribution is 9.10. The second kappa shape index (κ2) is 5.77. The van der Waals surface area contributed by atoms with Crippen LogP contribution in [0.5, 0.6) is 0 Å². The van der Waals surface area contributed by atoms with Crippen LogP contribution >= 0.6 is 15.9 Å². The largest absolute Gasteiger partial charge is 0.332 e. The molecule has 0 saturated heterocycles. The van der Waals surface area contributed by atoms with Crippen LogP contribution in [-0.4, -0.2) is 25.1 Å². The average molecular weight is 368 g/mol. The van der Waals surface area contributed by atoms with Crippen LogP contribution in [0.15, 0.2) is 69.8 Å². The Kier molecular flexibility index (Phi) is 3.47. The molecule has 0 spiro atoms. The average Bonchev–Trinajstić information content (AvgIpc) is 3.25. The van der Waals surface area contributed by atoms with Crippen molar-refractivity contribution in [2.24, 2.45) is 0 Å². The Morgan fingerprint density at radius 1 is 1.00 bits per heavy atom. The third-order valence-corrected chi connectivity index (χ3v) is 3.74. The summed E-state index contributed by atoms with van der Waals surface area (Å²) in [6.07, 6.45) is 1.76. The van der Waals surface area contributed by atoms with Crippen molar-refractivity contribution in [2.75, 3.05) is 0 Å². The normalized spacial score (nSPS) is 10.8. The van der Waals surface area contributed by atoms with Crippen LogP contribution in [0.4, 0.5) is 0 Å². The maximum atomic E-state index is 5.30. The van der Waals surface area contributed by atoms with Crippen molar-refractivity contribution in [2.45, 2.75) is 0 Å². The monoisotopic (exact) mass is 367 g/mol. The minimum Gasteiger partial charge on any atom is -0.332 e. The van der Waals surface area contributed by atoms with Gasteiger partial charge in [0.1, 0.15) is 0 Å². The Bertz CT molecular complexity index is 948. The molecule has 0 bridgehead atoms. The molecule has 0 saturated carbocycles. The first-order valence-electron chi connectivity index (χ1n) is 6.87. The predicted molar refractivity (Wildman–Crippen MR) is 87.8 cm³/mol. The molecule has 112 valence electrons. The van der Waals surface area contributed by atoms with Gasteiger partial charge in [-0.1, -0.05) is 56.6 Å². The van der Waals surface area contributed by atoms with E-state index in [1.165, 1.54) is 0 Å². The van der Waals surface area contributed by atoms with E-state index in [2.05, 4.69) is 36.4 Å². The van der Waals surface area contributed by atoms with Crippen molar-refractivity contribution >= 4 is 15.9 Å². The molecular weight excluding hydrogens is 358 g/mol. The van der Waals surface area contributed by atoms with Crippen molar-refractivity contribution in [3.8, 4) is 28.7 Å². The molecule has 0 amide bonds. The van der Waals surface area contributed by atoms with E-state index >= 15 is 0 Å². The maximum Gasteiger partial charge on any atom is 0.280 e. The lowest BCUT2D eigenvalue weighted by molar-refractivity contribution is 0.431. The molecule has 0 aliphatic carbocycles. The number of hydrogen-bond acceptors (Lipinski definition) is 5. The summed E-state index contributed by atoms with van der Waals surface area (Å²) < 4.78 is 7.92. The van der Waals surface area contributed by atoms with E-state index in [1.54, 1.807) is 10.9 Å². The van der Waals surface area contributed by atoms with Crippen molar-refractivity contribution < 1.29 is 4.52 Å². The van der Waals surface area contributed by atoms with Crippen LogP contribution in [0.2, 0.25) is 0 Å². The molecule has 0 unspecified atom stereocenters. The predicted octanol–water partition coefficient (Wildman–Crippen LogP) is 3.75. The maximum absolute atomic E-state index is 5.30. The Balaban J connectivity index is 1.66. The van der Waals surface area contributed by atoms with E-state index in [1.807, 2.05) is 54.6 Å². The van der Waals surface area contributed by atoms with E-state index < -0.39 is 0 Å². The summed E-state index contributed by atoms with van der Waals surface area (Å²) in [4.78, 5) is 4.38. The van der Waals surface area contributed by atoms with E-state index in [4.69, 9.17) is 4.52 Å². The van der Waals surface area contributed by atoms with Crippen LogP contribution in [-0.2, 0) is 0 Å². The summed E-state index contributed by atoms with van der Waals surface area (Å²) in [6, 6.07) is 17.4. The molecule has 0 aliphatic heterocycles. The van der Waals surface area contributed by atoms with E-state index in [0.717, 1.165) is 15.7 Å². The van der Waals surface area contributed by atoms with Gasteiger partial charge < -0.3 is 4.52 Å². The molecule has 0 fully saturated rings. The second-order valence-corrected chi connectivity index (χ2v) is 5.73. The number of halogens is 1. The van der Waals surface area contributed by atoms with Crippen LogP contribution in [0.1, 0.15) is 0 Å². The fourth-order valence-electron chi connectivity index (χ4n) is 2.14. The molecule has 23 heavy (non-hydrogen) atoms. The fraction of sp³-hybridized carbons (Fsp3) is 0. The lowest BCUT2D eigenvalue weighted by Crippen LogP contribution is -1.93. The molecule has 2 aromatic heterocycles. The summed E-state index contributed by atoms with van der Waals surface area (Å²) in [5, 5.41) is 12.2. The number of hydrogen-bond donors (Lipinski definition) is 0. The molecule has 4 aromatic rings. The van der Waals surface area contributed by atoms with Crippen LogP contribution < -0.4 is 0 Å². The molecule has 0 aliphatic rings. The third-order valence-electron chi connectivity index (χ3n) is 3.24.